The SMILES string of the molecule is Cc1ccc(/C(O)=C2/C(=O)C(=O)N(Cc3cccs3)C2c2ccccn2)cc1. The third kappa shape index (κ3) is 3.23. The van der Waals surface area contributed by atoms with Gasteiger partial charge in [-0.15, -0.1) is 11.3 Å². The van der Waals surface area contributed by atoms with Crippen LogP contribution in [-0.4, -0.2) is 26.7 Å². The number of carbonyl (C=O) groups excluding carboxylic acids is 2. The van der Waals surface area contributed by atoms with Gasteiger partial charge in [0.25, 0.3) is 11.7 Å². The number of hydrogen-bond donors (Lipinski definition) is 1. The molecule has 1 atom stereocenters. The first-order valence-corrected chi connectivity index (χ1v) is 9.73. The van der Waals surface area contributed by atoms with E-state index in [2.05, 4.69) is 4.98 Å². The zero-order valence-corrected chi connectivity index (χ0v) is 16.0. The van der Waals surface area contributed by atoms with Gasteiger partial charge >= 0.3 is 0 Å². The van der Waals surface area contributed by atoms with E-state index in [-0.39, 0.29) is 17.9 Å². The lowest BCUT2D eigenvalue weighted by Gasteiger charge is -2.24. The van der Waals surface area contributed by atoms with Gasteiger partial charge in [0, 0.05) is 16.6 Å². The average molecular weight is 390 g/mol. The van der Waals surface area contributed by atoms with Crippen LogP contribution in [0.1, 0.15) is 27.7 Å². The van der Waals surface area contributed by atoms with Crippen molar-refractivity contribution in [1.82, 2.24) is 9.88 Å². The van der Waals surface area contributed by atoms with Gasteiger partial charge in [0.15, 0.2) is 0 Å². The van der Waals surface area contributed by atoms with Crippen LogP contribution in [0.15, 0.2) is 71.7 Å². The number of pyridine rings is 1. The van der Waals surface area contributed by atoms with Gasteiger partial charge in [-0.3, -0.25) is 14.6 Å². The largest absolute Gasteiger partial charge is 0.507 e. The van der Waals surface area contributed by atoms with E-state index in [4.69, 9.17) is 0 Å². The zero-order valence-electron chi connectivity index (χ0n) is 15.2. The minimum Gasteiger partial charge on any atom is -0.507 e. The second-order valence-corrected chi connectivity index (χ2v) is 7.66. The van der Waals surface area contributed by atoms with E-state index in [1.807, 2.05) is 36.6 Å². The normalized spacial score (nSPS) is 18.6. The summed E-state index contributed by atoms with van der Waals surface area (Å²) in [6, 6.07) is 15.6. The third-order valence-corrected chi connectivity index (χ3v) is 5.60. The summed E-state index contributed by atoms with van der Waals surface area (Å²) >= 11 is 1.51. The molecule has 3 heterocycles. The van der Waals surface area contributed by atoms with Crippen LogP contribution in [0.5, 0.6) is 0 Å². The van der Waals surface area contributed by atoms with Gasteiger partial charge in [-0.1, -0.05) is 42.0 Å². The summed E-state index contributed by atoms with van der Waals surface area (Å²) in [5, 5.41) is 12.9. The summed E-state index contributed by atoms with van der Waals surface area (Å²) in [7, 11) is 0. The summed E-state index contributed by atoms with van der Waals surface area (Å²) < 4.78 is 0. The number of aromatic nitrogens is 1. The summed E-state index contributed by atoms with van der Waals surface area (Å²) in [6.45, 7) is 2.23. The molecule has 3 aromatic rings. The number of rotatable bonds is 4. The van der Waals surface area contributed by atoms with Crippen LogP contribution in [0.4, 0.5) is 0 Å². The Labute approximate surface area is 166 Å². The van der Waals surface area contributed by atoms with Crippen LogP contribution in [0, 0.1) is 6.92 Å². The molecule has 1 unspecified atom stereocenters. The quantitative estimate of drug-likeness (QED) is 0.414. The lowest BCUT2D eigenvalue weighted by Crippen LogP contribution is -2.29. The predicted octanol–water partition coefficient (Wildman–Crippen LogP) is 4.07. The van der Waals surface area contributed by atoms with Crippen molar-refractivity contribution in [2.45, 2.75) is 19.5 Å². The fraction of sp³-hybridized carbons (Fsp3) is 0.136. The van der Waals surface area contributed by atoms with Gasteiger partial charge in [-0.05, 0) is 30.5 Å². The number of aliphatic hydroxyl groups excluding tert-OH is 1. The molecule has 5 nitrogen and oxygen atoms in total. The molecule has 1 N–H and O–H groups in total. The number of Topliss-reactive ketones (excluding diaryl/α,β-unsaturated/α-hetero) is 1. The Morgan fingerprint density at radius 2 is 1.89 bits per heavy atom. The maximum Gasteiger partial charge on any atom is 0.296 e. The van der Waals surface area contributed by atoms with Gasteiger partial charge in [0.1, 0.15) is 11.8 Å². The molecular formula is C22H18N2O3S. The lowest BCUT2D eigenvalue weighted by molar-refractivity contribution is -0.140. The van der Waals surface area contributed by atoms with E-state index in [9.17, 15) is 14.7 Å². The van der Waals surface area contributed by atoms with E-state index < -0.39 is 17.7 Å². The molecule has 1 aliphatic rings. The smallest absolute Gasteiger partial charge is 0.296 e. The molecule has 1 fully saturated rings. The number of thiophene rings is 1. The summed E-state index contributed by atoms with van der Waals surface area (Å²) in [4.78, 5) is 32.5. The molecule has 1 saturated heterocycles. The van der Waals surface area contributed by atoms with Crippen LogP contribution in [-0.2, 0) is 16.1 Å². The molecule has 0 saturated carbocycles. The van der Waals surface area contributed by atoms with Crippen LogP contribution < -0.4 is 0 Å². The fourth-order valence-electron chi connectivity index (χ4n) is 3.33. The first kappa shape index (κ1) is 18.1. The van der Waals surface area contributed by atoms with E-state index in [0.717, 1.165) is 10.4 Å². The number of nitrogens with zero attached hydrogens (tertiary/aromatic N) is 2. The highest BCUT2D eigenvalue weighted by molar-refractivity contribution is 7.09. The first-order valence-electron chi connectivity index (χ1n) is 8.85. The van der Waals surface area contributed by atoms with E-state index in [1.165, 1.54) is 16.2 Å². The Morgan fingerprint density at radius 1 is 1.11 bits per heavy atom. The van der Waals surface area contributed by atoms with Crippen molar-refractivity contribution >= 4 is 28.8 Å². The Balaban J connectivity index is 1.85. The van der Waals surface area contributed by atoms with Crippen molar-refractivity contribution in [2.24, 2.45) is 0 Å². The van der Waals surface area contributed by atoms with Crippen molar-refractivity contribution in [2.75, 3.05) is 0 Å². The molecule has 140 valence electrons. The van der Waals surface area contributed by atoms with Gasteiger partial charge in [-0.2, -0.15) is 0 Å². The monoisotopic (exact) mass is 390 g/mol. The van der Waals surface area contributed by atoms with E-state index in [1.54, 1.807) is 36.5 Å². The minimum atomic E-state index is -0.732. The highest BCUT2D eigenvalue weighted by Crippen LogP contribution is 2.39. The standard InChI is InChI=1S/C22H18N2O3S/c1-14-7-9-15(10-8-14)20(25)18-19(17-6-2-3-11-23-17)24(22(27)21(18)26)13-16-5-4-12-28-16/h2-12,19,25H,13H2,1H3/b20-18-. The van der Waals surface area contributed by atoms with Crippen LogP contribution in [0.3, 0.4) is 0 Å². The topological polar surface area (TPSA) is 70.5 Å². The average Bonchev–Trinajstić information content (AvgIpc) is 3.31. The molecule has 6 heteroatoms. The first-order chi connectivity index (χ1) is 13.6. The summed E-state index contributed by atoms with van der Waals surface area (Å²) in [5.74, 6) is -1.49. The second kappa shape index (κ2) is 7.40. The van der Waals surface area contributed by atoms with Crippen molar-refractivity contribution in [1.29, 1.82) is 0 Å². The number of likely N-dealkylation sites (tertiary alicyclic amines) is 1. The molecule has 1 amide bonds. The molecule has 4 rings (SSSR count). The van der Waals surface area contributed by atoms with Crippen LogP contribution in [0.2, 0.25) is 0 Å². The predicted molar refractivity (Wildman–Crippen MR) is 108 cm³/mol. The molecule has 1 aliphatic heterocycles. The highest BCUT2D eigenvalue weighted by atomic mass is 32.1. The van der Waals surface area contributed by atoms with Gasteiger partial charge < -0.3 is 10.0 Å². The van der Waals surface area contributed by atoms with Gasteiger partial charge in [0.2, 0.25) is 0 Å². The van der Waals surface area contributed by atoms with Crippen LogP contribution in [0.25, 0.3) is 5.76 Å². The lowest BCUT2D eigenvalue weighted by atomic mass is 9.98. The maximum atomic E-state index is 12.9. The number of ketones is 1. The molecule has 0 spiro atoms. The second-order valence-electron chi connectivity index (χ2n) is 6.63. The highest BCUT2D eigenvalue weighted by Gasteiger charge is 2.46. The molecule has 0 aliphatic carbocycles. The van der Waals surface area contributed by atoms with Gasteiger partial charge in [0.05, 0.1) is 17.8 Å². The zero-order chi connectivity index (χ0) is 19.7. The number of benzene rings is 1. The van der Waals surface area contributed by atoms with Crippen molar-refractivity contribution in [3.63, 3.8) is 0 Å². The maximum absolute atomic E-state index is 12.9. The van der Waals surface area contributed by atoms with Crippen molar-refractivity contribution in [3.8, 4) is 0 Å². The fourth-order valence-corrected chi connectivity index (χ4v) is 4.03. The Hall–Kier alpha value is -3.25. The molecule has 1 aromatic carbocycles. The number of carbonyl (C=O) groups is 2. The number of amides is 1. The van der Waals surface area contributed by atoms with Crippen molar-refractivity contribution < 1.29 is 14.7 Å². The number of aryl methyl sites for hydroxylation is 1. The Bertz CT molecular complexity index is 1040. The minimum absolute atomic E-state index is 0.0732. The van der Waals surface area contributed by atoms with Gasteiger partial charge in [-0.25, -0.2) is 0 Å². The number of aliphatic hydroxyl groups is 1. The number of hydrogen-bond acceptors (Lipinski definition) is 5. The summed E-state index contributed by atoms with van der Waals surface area (Å²) in [6.07, 6.45) is 1.62. The van der Waals surface area contributed by atoms with Crippen molar-refractivity contribution in [3.05, 3.63) is 93.4 Å². The summed E-state index contributed by atoms with van der Waals surface area (Å²) in [5.41, 5.74) is 2.16. The molecular weight excluding hydrogens is 372 g/mol. The Kier molecular flexibility index (Phi) is 4.79. The molecule has 0 bridgehead atoms. The molecule has 28 heavy (non-hydrogen) atoms. The molecule has 2 aromatic heterocycles. The van der Waals surface area contributed by atoms with Crippen LogP contribution >= 0.6 is 11.3 Å². The van der Waals surface area contributed by atoms with E-state index >= 15 is 0 Å². The third-order valence-electron chi connectivity index (χ3n) is 4.74. The van der Waals surface area contributed by atoms with E-state index in [0.29, 0.717) is 11.3 Å². The Morgan fingerprint density at radius 3 is 2.54 bits per heavy atom. The molecule has 0 radical (unpaired) electrons.